The molecule has 1 aliphatic heterocycles. The van der Waals surface area contributed by atoms with Crippen LogP contribution in [0.15, 0.2) is 91.7 Å². The molecule has 4 aromatic rings. The Labute approximate surface area is 300 Å². The van der Waals surface area contributed by atoms with Crippen molar-refractivity contribution in [3.63, 3.8) is 0 Å². The first-order valence-electron chi connectivity index (χ1n) is 16.4. The third-order valence-electron chi connectivity index (χ3n) is 11.2. The maximum Gasteiger partial charge on any atom is 0.221 e. The Morgan fingerprint density at radius 2 is 1.39 bits per heavy atom. The van der Waals surface area contributed by atoms with Gasteiger partial charge in [-0.25, -0.2) is 23.7 Å². The van der Waals surface area contributed by atoms with Crippen molar-refractivity contribution < 1.29 is 13.6 Å². The predicted molar refractivity (Wildman–Crippen MR) is 192 cm³/mol. The standard InChI is InChI=1S/C20H19BrFN3O.C19H14BrFN2/c1-25-18(23)24-20(26-25)17-9-15(21)4-2-14(17)11-19(20)7-6-12-8-16(22)5-3-13(12)10-19;20-15-3-1-14-10-19(18(23-11-22)17(14)8-15)6-5-12-7-16(21)4-2-13(12)9-19/h2-5,8-9H,6-7,10-11H2,1H3,(H2,23,24);1-4,7-8H,5-6,9-10H2. The minimum atomic E-state index is -0.822. The van der Waals surface area contributed by atoms with Crippen molar-refractivity contribution in [3.8, 4) is 6.19 Å². The molecule has 4 aliphatic carbocycles. The number of fused-ring (bicyclic) bond motifs is 6. The molecule has 3 spiro atoms. The maximum atomic E-state index is 13.6. The molecule has 0 aromatic heterocycles. The first kappa shape index (κ1) is 32.3. The molecule has 1 heterocycles. The van der Waals surface area contributed by atoms with E-state index in [0.29, 0.717) is 5.96 Å². The minimum absolute atomic E-state index is 0.135. The topological polar surface area (TPSA) is 87.0 Å². The number of guanidine groups is 1. The summed E-state index contributed by atoms with van der Waals surface area (Å²) in [6, 6.07) is 22.7. The number of aryl methyl sites for hydroxylation is 2. The number of benzene rings is 4. The van der Waals surface area contributed by atoms with Crippen LogP contribution in [0.4, 0.5) is 8.78 Å². The van der Waals surface area contributed by atoms with Crippen LogP contribution in [0.25, 0.3) is 0 Å². The first-order valence-corrected chi connectivity index (χ1v) is 18.0. The summed E-state index contributed by atoms with van der Waals surface area (Å²) in [4.78, 5) is 15.4. The number of nitriles is 1. The van der Waals surface area contributed by atoms with Crippen molar-refractivity contribution in [1.82, 2.24) is 5.06 Å². The molecule has 248 valence electrons. The summed E-state index contributed by atoms with van der Waals surface area (Å²) < 4.78 is 29.1. The van der Waals surface area contributed by atoms with Crippen LogP contribution in [0, 0.1) is 33.9 Å². The Morgan fingerprint density at radius 1 is 0.796 bits per heavy atom. The highest BCUT2D eigenvalue weighted by atomic mass is 79.9. The molecule has 49 heavy (non-hydrogen) atoms. The average Bonchev–Trinajstić information content (AvgIpc) is 3.64. The van der Waals surface area contributed by atoms with Gasteiger partial charge in [-0.05, 0) is 133 Å². The van der Waals surface area contributed by atoms with Gasteiger partial charge in [0.25, 0.3) is 0 Å². The van der Waals surface area contributed by atoms with Crippen LogP contribution in [-0.2, 0) is 49.1 Å². The lowest BCUT2D eigenvalue weighted by Gasteiger charge is -2.44. The molecule has 9 rings (SSSR count). The van der Waals surface area contributed by atoms with Crippen molar-refractivity contribution >= 4 is 43.5 Å². The van der Waals surface area contributed by atoms with E-state index in [0.717, 1.165) is 88.3 Å². The largest absolute Gasteiger partial charge is 0.368 e. The Morgan fingerprint density at radius 3 is 2.06 bits per heavy atom. The molecular weight excluding hydrogens is 752 g/mol. The number of hydrogen-bond donors (Lipinski definition) is 1. The lowest BCUT2D eigenvalue weighted by molar-refractivity contribution is -0.224. The molecule has 0 radical (unpaired) electrons. The van der Waals surface area contributed by atoms with E-state index in [1.54, 1.807) is 30.3 Å². The summed E-state index contributed by atoms with van der Waals surface area (Å²) in [5.74, 6) is 0.0403. The zero-order valence-corrected chi connectivity index (χ0v) is 30.0. The van der Waals surface area contributed by atoms with Gasteiger partial charge in [0.15, 0.2) is 0 Å². The molecule has 0 saturated heterocycles. The Hall–Kier alpha value is -3.91. The third-order valence-corrected chi connectivity index (χ3v) is 12.2. The number of hydroxylamine groups is 2. The van der Waals surface area contributed by atoms with Gasteiger partial charge in [-0.2, -0.15) is 10.3 Å². The molecule has 4 aromatic carbocycles. The van der Waals surface area contributed by atoms with E-state index in [2.05, 4.69) is 67.2 Å². The summed E-state index contributed by atoms with van der Waals surface area (Å²) in [5, 5.41) is 10.7. The number of halogens is 4. The van der Waals surface area contributed by atoms with Gasteiger partial charge in [0.1, 0.15) is 11.6 Å². The summed E-state index contributed by atoms with van der Waals surface area (Å²) in [5.41, 5.74) is 15.0. The first-order chi connectivity index (χ1) is 23.5. The van der Waals surface area contributed by atoms with Crippen LogP contribution in [0.2, 0.25) is 0 Å². The summed E-state index contributed by atoms with van der Waals surface area (Å²) in [7, 11) is 1.80. The minimum Gasteiger partial charge on any atom is -0.368 e. The molecule has 3 atom stereocenters. The van der Waals surface area contributed by atoms with Crippen molar-refractivity contribution in [2.45, 2.75) is 57.1 Å². The molecule has 3 unspecified atom stereocenters. The van der Waals surface area contributed by atoms with E-state index in [1.165, 1.54) is 28.3 Å². The second kappa shape index (κ2) is 11.9. The summed E-state index contributed by atoms with van der Waals surface area (Å²) in [6.07, 6.45) is 8.77. The fourth-order valence-corrected chi connectivity index (χ4v) is 9.66. The summed E-state index contributed by atoms with van der Waals surface area (Å²) >= 11 is 7.09. The Kier molecular flexibility index (Phi) is 7.82. The SMILES string of the molecule is CN1OC2(N=C1N)c1cc(Br)ccc1CC21CCc2cc(F)ccc2C1.N#CN=C1c2cc(Br)ccc2CC12CCc1cc(F)ccc1C2. The average molecular weight is 786 g/mol. The lowest BCUT2D eigenvalue weighted by Crippen LogP contribution is -2.47. The highest BCUT2D eigenvalue weighted by Crippen LogP contribution is 2.61. The van der Waals surface area contributed by atoms with Crippen LogP contribution in [0.3, 0.4) is 0 Å². The van der Waals surface area contributed by atoms with Gasteiger partial charge >= 0.3 is 0 Å². The van der Waals surface area contributed by atoms with Crippen LogP contribution in [0.5, 0.6) is 0 Å². The Bertz CT molecular complexity index is 2150. The molecule has 0 saturated carbocycles. The fourth-order valence-electron chi connectivity index (χ4n) is 8.94. The normalized spacial score (nSPS) is 26.6. The highest BCUT2D eigenvalue weighted by molar-refractivity contribution is 9.10. The number of aliphatic imine (C=N–C) groups is 2. The van der Waals surface area contributed by atoms with Gasteiger partial charge in [0.05, 0.1) is 5.71 Å². The van der Waals surface area contributed by atoms with E-state index in [4.69, 9.17) is 20.8 Å². The van der Waals surface area contributed by atoms with Crippen molar-refractivity contribution in [3.05, 3.63) is 138 Å². The molecular formula is C39H33Br2F2N5O. The summed E-state index contributed by atoms with van der Waals surface area (Å²) in [6.45, 7) is 0. The smallest absolute Gasteiger partial charge is 0.221 e. The molecule has 5 aliphatic rings. The van der Waals surface area contributed by atoms with E-state index in [9.17, 15) is 8.78 Å². The van der Waals surface area contributed by atoms with Gasteiger partial charge in [-0.15, -0.1) is 0 Å². The number of rotatable bonds is 0. The van der Waals surface area contributed by atoms with Crippen LogP contribution in [0.1, 0.15) is 57.3 Å². The van der Waals surface area contributed by atoms with Crippen molar-refractivity contribution in [1.29, 1.82) is 5.26 Å². The van der Waals surface area contributed by atoms with E-state index in [-0.39, 0.29) is 22.5 Å². The molecule has 0 amide bonds. The van der Waals surface area contributed by atoms with E-state index >= 15 is 0 Å². The van der Waals surface area contributed by atoms with Gasteiger partial charge < -0.3 is 5.73 Å². The zero-order chi connectivity index (χ0) is 34.1. The molecule has 0 fully saturated rings. The highest BCUT2D eigenvalue weighted by Gasteiger charge is 2.63. The Balaban J connectivity index is 0.000000143. The van der Waals surface area contributed by atoms with Crippen molar-refractivity contribution in [2.24, 2.45) is 26.5 Å². The molecule has 0 bridgehead atoms. The number of hydrogen-bond acceptors (Lipinski definition) is 6. The number of nitrogens with zero attached hydrogens (tertiary/aromatic N) is 4. The van der Waals surface area contributed by atoms with E-state index in [1.807, 2.05) is 24.4 Å². The second-order valence-corrected chi connectivity index (χ2v) is 15.8. The zero-order valence-electron chi connectivity index (χ0n) is 26.9. The third kappa shape index (κ3) is 5.24. The van der Waals surface area contributed by atoms with Crippen LogP contribution >= 0.6 is 31.9 Å². The van der Waals surface area contributed by atoms with Gasteiger partial charge in [0, 0.05) is 37.9 Å². The fraction of sp³-hybridized carbons (Fsp3) is 0.308. The van der Waals surface area contributed by atoms with E-state index < -0.39 is 5.72 Å². The lowest BCUT2D eigenvalue weighted by atomic mass is 9.65. The molecule has 10 heteroatoms. The van der Waals surface area contributed by atoms with Crippen molar-refractivity contribution in [2.75, 3.05) is 7.05 Å². The molecule has 6 nitrogen and oxygen atoms in total. The van der Waals surface area contributed by atoms with Gasteiger partial charge in [-0.3, -0.25) is 0 Å². The quantitative estimate of drug-likeness (QED) is 0.182. The van der Waals surface area contributed by atoms with Crippen LogP contribution < -0.4 is 5.73 Å². The second-order valence-electron chi connectivity index (χ2n) is 14.0. The number of nitrogens with two attached hydrogens (primary N) is 1. The van der Waals surface area contributed by atoms with Gasteiger partial charge in [-0.1, -0.05) is 56.1 Å². The maximum absolute atomic E-state index is 13.6. The van der Waals surface area contributed by atoms with Crippen LogP contribution in [-0.4, -0.2) is 23.8 Å². The monoisotopic (exact) mass is 783 g/mol. The molecule has 2 N–H and O–H groups in total. The van der Waals surface area contributed by atoms with Gasteiger partial charge in [0.2, 0.25) is 17.9 Å². The predicted octanol–water partition coefficient (Wildman–Crippen LogP) is 8.25.